The van der Waals surface area contributed by atoms with Gasteiger partial charge in [0.15, 0.2) is 11.6 Å². The number of pyridine rings is 1. The normalized spacial score (nSPS) is 20.8. The standard InChI is InChI=1S/C13H18FN3OS/c14-12-10(9-16-11-1-2-11)3-4-15-13(12)17-5-7-19(18)8-6-17/h3-4,11,16H,1-2,5-9H2. The second-order valence-corrected chi connectivity index (χ2v) is 6.79. The predicted molar refractivity (Wildman–Crippen MR) is 74.1 cm³/mol. The average Bonchev–Trinajstić information content (AvgIpc) is 3.23. The van der Waals surface area contributed by atoms with Gasteiger partial charge in [-0.3, -0.25) is 4.21 Å². The minimum atomic E-state index is -0.752. The van der Waals surface area contributed by atoms with Crippen LogP contribution in [0, 0.1) is 5.82 Å². The summed E-state index contributed by atoms with van der Waals surface area (Å²) >= 11 is 0. The SMILES string of the molecule is O=S1CCN(c2nccc(CNC3CC3)c2F)CC1. The summed E-state index contributed by atoms with van der Waals surface area (Å²) in [5, 5.41) is 3.32. The molecule has 6 heteroatoms. The summed E-state index contributed by atoms with van der Waals surface area (Å²) in [6.07, 6.45) is 4.04. The van der Waals surface area contributed by atoms with Gasteiger partial charge in [-0.15, -0.1) is 0 Å². The Hall–Kier alpha value is -1.01. The van der Waals surface area contributed by atoms with E-state index in [4.69, 9.17) is 0 Å². The molecule has 1 saturated heterocycles. The topological polar surface area (TPSA) is 45.2 Å². The first-order valence-corrected chi connectivity index (χ1v) is 8.19. The molecule has 2 fully saturated rings. The fraction of sp³-hybridized carbons (Fsp3) is 0.615. The van der Waals surface area contributed by atoms with Crippen LogP contribution in [0.3, 0.4) is 0 Å². The molecule has 1 aliphatic carbocycles. The Morgan fingerprint density at radius 2 is 2.16 bits per heavy atom. The molecule has 1 aliphatic heterocycles. The highest BCUT2D eigenvalue weighted by molar-refractivity contribution is 7.85. The van der Waals surface area contributed by atoms with E-state index >= 15 is 0 Å². The van der Waals surface area contributed by atoms with Crippen LogP contribution in [-0.4, -0.2) is 39.8 Å². The van der Waals surface area contributed by atoms with Gasteiger partial charge in [0.25, 0.3) is 0 Å². The van der Waals surface area contributed by atoms with E-state index in [0.717, 1.165) is 0 Å². The maximum atomic E-state index is 14.4. The zero-order chi connectivity index (χ0) is 13.2. The number of hydrogen-bond donors (Lipinski definition) is 1. The number of halogens is 1. The molecule has 0 amide bonds. The third kappa shape index (κ3) is 3.12. The lowest BCUT2D eigenvalue weighted by molar-refractivity contribution is 0.574. The lowest BCUT2D eigenvalue weighted by atomic mass is 10.2. The minimum absolute atomic E-state index is 0.233. The molecular formula is C13H18FN3OS. The molecule has 0 radical (unpaired) electrons. The lowest BCUT2D eigenvalue weighted by Crippen LogP contribution is -2.39. The van der Waals surface area contributed by atoms with Gasteiger partial charge in [-0.2, -0.15) is 0 Å². The Labute approximate surface area is 114 Å². The molecule has 0 spiro atoms. The van der Waals surface area contributed by atoms with Crippen molar-refractivity contribution in [3.8, 4) is 0 Å². The smallest absolute Gasteiger partial charge is 0.170 e. The molecule has 1 aromatic rings. The van der Waals surface area contributed by atoms with Crippen molar-refractivity contribution in [3.05, 3.63) is 23.6 Å². The molecule has 0 bridgehead atoms. The average molecular weight is 283 g/mol. The molecule has 2 heterocycles. The van der Waals surface area contributed by atoms with Crippen molar-refractivity contribution >= 4 is 16.6 Å². The molecule has 1 N–H and O–H groups in total. The highest BCUT2D eigenvalue weighted by atomic mass is 32.2. The summed E-state index contributed by atoms with van der Waals surface area (Å²) in [6, 6.07) is 2.30. The molecule has 19 heavy (non-hydrogen) atoms. The monoisotopic (exact) mass is 283 g/mol. The van der Waals surface area contributed by atoms with Crippen molar-refractivity contribution in [2.24, 2.45) is 0 Å². The molecule has 0 aromatic carbocycles. The van der Waals surface area contributed by atoms with Crippen LogP contribution in [-0.2, 0) is 17.3 Å². The van der Waals surface area contributed by atoms with E-state index in [9.17, 15) is 8.60 Å². The highest BCUT2D eigenvalue weighted by Gasteiger charge is 2.23. The maximum Gasteiger partial charge on any atom is 0.170 e. The maximum absolute atomic E-state index is 14.4. The van der Waals surface area contributed by atoms with Gasteiger partial charge in [-0.05, 0) is 18.9 Å². The number of anilines is 1. The van der Waals surface area contributed by atoms with Crippen LogP contribution in [0.5, 0.6) is 0 Å². The van der Waals surface area contributed by atoms with E-state index in [2.05, 4.69) is 10.3 Å². The fourth-order valence-corrected chi connectivity index (χ4v) is 3.27. The van der Waals surface area contributed by atoms with Crippen LogP contribution in [0.15, 0.2) is 12.3 Å². The molecule has 4 nitrogen and oxygen atoms in total. The number of aromatic nitrogens is 1. The zero-order valence-corrected chi connectivity index (χ0v) is 11.6. The van der Waals surface area contributed by atoms with Crippen molar-refractivity contribution in [1.82, 2.24) is 10.3 Å². The summed E-state index contributed by atoms with van der Waals surface area (Å²) in [7, 11) is -0.752. The van der Waals surface area contributed by atoms with E-state index in [1.54, 1.807) is 12.3 Å². The highest BCUT2D eigenvalue weighted by Crippen LogP contribution is 2.23. The van der Waals surface area contributed by atoms with Crippen LogP contribution in [0.2, 0.25) is 0 Å². The van der Waals surface area contributed by atoms with Crippen LogP contribution in [0.25, 0.3) is 0 Å². The number of rotatable bonds is 4. The van der Waals surface area contributed by atoms with Crippen molar-refractivity contribution in [2.75, 3.05) is 29.5 Å². The van der Waals surface area contributed by atoms with Crippen molar-refractivity contribution in [3.63, 3.8) is 0 Å². The van der Waals surface area contributed by atoms with Crippen molar-refractivity contribution < 1.29 is 8.60 Å². The summed E-state index contributed by atoms with van der Waals surface area (Å²) in [4.78, 5) is 6.05. The molecule has 0 unspecified atom stereocenters. The van der Waals surface area contributed by atoms with Crippen LogP contribution < -0.4 is 10.2 Å². The van der Waals surface area contributed by atoms with Crippen LogP contribution >= 0.6 is 0 Å². The molecule has 104 valence electrons. The quantitative estimate of drug-likeness (QED) is 0.897. The molecule has 0 atom stereocenters. The second-order valence-electron chi connectivity index (χ2n) is 5.10. The van der Waals surface area contributed by atoms with E-state index in [1.165, 1.54) is 12.8 Å². The summed E-state index contributed by atoms with van der Waals surface area (Å²) in [5.41, 5.74) is 0.670. The zero-order valence-electron chi connectivity index (χ0n) is 10.8. The van der Waals surface area contributed by atoms with Gasteiger partial charge in [0, 0.05) is 59.7 Å². The van der Waals surface area contributed by atoms with E-state index in [0.29, 0.717) is 48.6 Å². The Bertz CT molecular complexity index is 483. The molecule has 1 aromatic heterocycles. The van der Waals surface area contributed by atoms with E-state index in [1.807, 2.05) is 4.90 Å². The Morgan fingerprint density at radius 3 is 2.84 bits per heavy atom. The van der Waals surface area contributed by atoms with E-state index < -0.39 is 10.8 Å². The first-order valence-electron chi connectivity index (χ1n) is 6.71. The largest absolute Gasteiger partial charge is 0.352 e. The second kappa shape index (κ2) is 5.54. The number of nitrogens with one attached hydrogen (secondary N) is 1. The summed E-state index contributed by atoms with van der Waals surface area (Å²) < 4.78 is 25.7. The summed E-state index contributed by atoms with van der Waals surface area (Å²) in [5.74, 6) is 1.38. The van der Waals surface area contributed by atoms with Crippen molar-refractivity contribution in [1.29, 1.82) is 0 Å². The summed E-state index contributed by atoms with van der Waals surface area (Å²) in [6.45, 7) is 1.80. The van der Waals surface area contributed by atoms with Gasteiger partial charge in [-0.1, -0.05) is 0 Å². The minimum Gasteiger partial charge on any atom is -0.352 e. The Kier molecular flexibility index (Phi) is 3.79. The first kappa shape index (κ1) is 13.0. The Balaban J connectivity index is 1.73. The van der Waals surface area contributed by atoms with Crippen LogP contribution in [0.4, 0.5) is 10.2 Å². The fourth-order valence-electron chi connectivity index (χ4n) is 2.22. The van der Waals surface area contributed by atoms with Gasteiger partial charge in [-0.25, -0.2) is 9.37 Å². The molecule has 1 saturated carbocycles. The lowest BCUT2D eigenvalue weighted by Gasteiger charge is -2.28. The predicted octanol–water partition coefficient (Wildman–Crippen LogP) is 1.04. The van der Waals surface area contributed by atoms with Crippen LogP contribution in [0.1, 0.15) is 18.4 Å². The van der Waals surface area contributed by atoms with Gasteiger partial charge in [0.2, 0.25) is 0 Å². The number of nitrogens with zero attached hydrogens (tertiary/aromatic N) is 2. The molecular weight excluding hydrogens is 265 g/mol. The number of hydrogen-bond acceptors (Lipinski definition) is 4. The third-order valence-electron chi connectivity index (χ3n) is 3.59. The first-order chi connectivity index (χ1) is 9.24. The molecule has 2 aliphatic rings. The van der Waals surface area contributed by atoms with E-state index in [-0.39, 0.29) is 5.82 Å². The Morgan fingerprint density at radius 1 is 1.42 bits per heavy atom. The van der Waals surface area contributed by atoms with Gasteiger partial charge < -0.3 is 10.2 Å². The third-order valence-corrected chi connectivity index (χ3v) is 4.86. The molecule has 3 rings (SSSR count). The van der Waals surface area contributed by atoms with Gasteiger partial charge in [0.1, 0.15) is 0 Å². The van der Waals surface area contributed by atoms with Crippen molar-refractivity contribution in [2.45, 2.75) is 25.4 Å². The van der Waals surface area contributed by atoms with Gasteiger partial charge >= 0.3 is 0 Å². The van der Waals surface area contributed by atoms with Gasteiger partial charge in [0.05, 0.1) is 0 Å².